The van der Waals surface area contributed by atoms with Crippen LogP contribution in [0.5, 0.6) is 17.2 Å². The Hall–Kier alpha value is -6.73. The number of allylic oxidation sites excluding steroid dienone is 1. The fourth-order valence-electron chi connectivity index (χ4n) is 7.97. The normalized spacial score (nSPS) is 19.2. The summed E-state index contributed by atoms with van der Waals surface area (Å²) in [5.74, 6) is 1.39. The molecule has 7 nitrogen and oxygen atoms in total. The number of hydrogen-bond acceptors (Lipinski definition) is 7. The van der Waals surface area contributed by atoms with Crippen LogP contribution in [0.3, 0.4) is 0 Å². The first-order valence-electron chi connectivity index (χ1n) is 17.6. The standard InChI is InChI=1S/C46H36N2O5/c1-50-41-23-13-11-21-39(41)47(31-15-5-3-6-16-31)33-25-27-37-43(29-33)52-44-30-34(26-28-38(44)46(37)36-20-10-9-19-35(36)45(49)53-46)48(32-17-7-4-8-18-32)40-22-12-14-24-42(40)51-2/h3-30,37,43H,1-2H3. The van der Waals surface area contributed by atoms with E-state index in [4.69, 9.17) is 18.9 Å². The molecule has 6 aromatic carbocycles. The number of ether oxygens (including phenoxy) is 4. The van der Waals surface area contributed by atoms with Crippen molar-refractivity contribution >= 4 is 34.4 Å². The highest BCUT2D eigenvalue weighted by atomic mass is 16.6. The van der Waals surface area contributed by atoms with Gasteiger partial charge in [-0.05, 0) is 78.9 Å². The molecule has 0 N–H and O–H groups in total. The molecule has 6 aromatic rings. The van der Waals surface area contributed by atoms with Crippen molar-refractivity contribution in [3.8, 4) is 17.2 Å². The van der Waals surface area contributed by atoms with Gasteiger partial charge in [0.05, 0.1) is 37.1 Å². The summed E-state index contributed by atoms with van der Waals surface area (Å²) in [6.07, 6.45) is 5.85. The second kappa shape index (κ2) is 13.1. The summed E-state index contributed by atoms with van der Waals surface area (Å²) in [4.78, 5) is 18.0. The fraction of sp³-hybridized carbons (Fsp3) is 0.109. The van der Waals surface area contributed by atoms with Gasteiger partial charge in [-0.2, -0.15) is 0 Å². The molecule has 3 unspecified atom stereocenters. The van der Waals surface area contributed by atoms with Gasteiger partial charge in [-0.25, -0.2) is 4.79 Å². The van der Waals surface area contributed by atoms with Gasteiger partial charge in [0, 0.05) is 40.0 Å². The lowest BCUT2D eigenvalue weighted by atomic mass is 9.70. The maximum Gasteiger partial charge on any atom is 0.339 e. The van der Waals surface area contributed by atoms with E-state index in [0.717, 1.165) is 56.8 Å². The summed E-state index contributed by atoms with van der Waals surface area (Å²) < 4.78 is 25.4. The van der Waals surface area contributed by atoms with E-state index in [-0.39, 0.29) is 11.9 Å². The van der Waals surface area contributed by atoms with E-state index in [1.165, 1.54) is 0 Å². The van der Waals surface area contributed by atoms with Crippen LogP contribution in [0.2, 0.25) is 0 Å². The molecule has 1 spiro atoms. The van der Waals surface area contributed by atoms with Gasteiger partial charge in [0.1, 0.15) is 23.4 Å². The molecule has 0 amide bonds. The number of nitrogens with zero attached hydrogens (tertiary/aromatic N) is 2. The Balaban J connectivity index is 1.23. The maximum absolute atomic E-state index is 13.7. The number of para-hydroxylation sites is 6. The zero-order valence-electron chi connectivity index (χ0n) is 29.3. The van der Waals surface area contributed by atoms with Crippen LogP contribution in [0, 0.1) is 5.92 Å². The van der Waals surface area contributed by atoms with Gasteiger partial charge >= 0.3 is 5.97 Å². The van der Waals surface area contributed by atoms with Crippen molar-refractivity contribution in [3.63, 3.8) is 0 Å². The van der Waals surface area contributed by atoms with Gasteiger partial charge in [0.2, 0.25) is 0 Å². The summed E-state index contributed by atoms with van der Waals surface area (Å²) in [5, 5.41) is 0. The van der Waals surface area contributed by atoms with E-state index < -0.39 is 11.7 Å². The Kier molecular flexibility index (Phi) is 7.96. The minimum Gasteiger partial charge on any atom is -0.495 e. The van der Waals surface area contributed by atoms with Crippen LogP contribution in [0.4, 0.5) is 28.4 Å². The van der Waals surface area contributed by atoms with Gasteiger partial charge in [-0.3, -0.25) is 0 Å². The van der Waals surface area contributed by atoms with Crippen LogP contribution in [0.1, 0.15) is 21.5 Å². The highest BCUT2D eigenvalue weighted by molar-refractivity contribution is 5.96. The first-order chi connectivity index (χ1) is 26.1. The van der Waals surface area contributed by atoms with Crippen molar-refractivity contribution in [2.75, 3.05) is 24.0 Å². The Morgan fingerprint density at radius 1 is 0.604 bits per heavy atom. The second-order valence-corrected chi connectivity index (χ2v) is 13.1. The van der Waals surface area contributed by atoms with Crippen molar-refractivity contribution in [1.82, 2.24) is 0 Å². The lowest BCUT2D eigenvalue weighted by Crippen LogP contribution is -2.49. The predicted octanol–water partition coefficient (Wildman–Crippen LogP) is 10.3. The molecule has 7 heteroatoms. The van der Waals surface area contributed by atoms with E-state index >= 15 is 0 Å². The highest BCUT2D eigenvalue weighted by Crippen LogP contribution is 2.57. The highest BCUT2D eigenvalue weighted by Gasteiger charge is 2.58. The molecule has 9 rings (SSSR count). The molecule has 0 aromatic heterocycles. The van der Waals surface area contributed by atoms with Gasteiger partial charge in [0.15, 0.2) is 5.60 Å². The number of benzene rings is 6. The number of hydrogen-bond donors (Lipinski definition) is 0. The molecule has 0 fully saturated rings. The second-order valence-electron chi connectivity index (χ2n) is 13.1. The van der Waals surface area contributed by atoms with E-state index in [1.807, 2.05) is 121 Å². The number of carbonyl (C=O) groups is 1. The number of anilines is 5. The third-order valence-electron chi connectivity index (χ3n) is 10.3. The quantitative estimate of drug-likeness (QED) is 0.147. The van der Waals surface area contributed by atoms with Crippen LogP contribution >= 0.6 is 0 Å². The van der Waals surface area contributed by atoms with E-state index in [2.05, 4.69) is 58.4 Å². The smallest absolute Gasteiger partial charge is 0.339 e. The summed E-state index contributed by atoms with van der Waals surface area (Å²) in [6, 6.07) is 50.1. The molecule has 1 aliphatic carbocycles. The van der Waals surface area contributed by atoms with Gasteiger partial charge < -0.3 is 28.7 Å². The van der Waals surface area contributed by atoms with E-state index in [1.54, 1.807) is 14.2 Å². The summed E-state index contributed by atoms with van der Waals surface area (Å²) in [7, 11) is 3.36. The van der Waals surface area contributed by atoms with Crippen LogP contribution in [0.15, 0.2) is 176 Å². The Morgan fingerprint density at radius 3 is 1.87 bits per heavy atom. The van der Waals surface area contributed by atoms with Gasteiger partial charge in [0.25, 0.3) is 0 Å². The van der Waals surface area contributed by atoms with Crippen molar-refractivity contribution in [2.24, 2.45) is 5.92 Å². The van der Waals surface area contributed by atoms with E-state index in [9.17, 15) is 4.79 Å². The first-order valence-corrected chi connectivity index (χ1v) is 17.6. The third-order valence-corrected chi connectivity index (χ3v) is 10.3. The topological polar surface area (TPSA) is 60.5 Å². The molecule has 53 heavy (non-hydrogen) atoms. The molecular formula is C46H36N2O5. The number of carbonyl (C=O) groups excluding carboxylic acids is 1. The molecule has 0 saturated heterocycles. The monoisotopic (exact) mass is 696 g/mol. The molecule has 3 atom stereocenters. The van der Waals surface area contributed by atoms with Gasteiger partial charge in [-0.15, -0.1) is 0 Å². The van der Waals surface area contributed by atoms with Gasteiger partial charge in [-0.1, -0.05) is 84.9 Å². The fourth-order valence-corrected chi connectivity index (χ4v) is 7.97. The van der Waals surface area contributed by atoms with Crippen LogP contribution in [0.25, 0.3) is 0 Å². The summed E-state index contributed by atoms with van der Waals surface area (Å²) in [6.45, 7) is 0. The molecule has 0 radical (unpaired) electrons. The maximum atomic E-state index is 13.7. The number of rotatable bonds is 8. The SMILES string of the molecule is COc1ccccc1N(C1=CC2Oc3cc(N(c4ccccc4)c4ccccc4OC)ccc3C3(OC(=O)c4ccccc43)C2C=C1)c1ccccc1. The molecule has 260 valence electrons. The Labute approximate surface area is 308 Å². The molecule has 2 aliphatic heterocycles. The number of fused-ring (bicyclic) bond motifs is 6. The predicted molar refractivity (Wildman–Crippen MR) is 207 cm³/mol. The number of methoxy groups -OCH3 is 2. The van der Waals surface area contributed by atoms with Crippen molar-refractivity contribution in [3.05, 3.63) is 192 Å². The Bertz CT molecular complexity index is 2390. The average Bonchev–Trinajstić information content (AvgIpc) is 3.51. The largest absolute Gasteiger partial charge is 0.495 e. The van der Waals surface area contributed by atoms with Crippen LogP contribution in [-0.2, 0) is 10.3 Å². The lowest BCUT2D eigenvalue weighted by molar-refractivity contribution is -0.0417. The minimum atomic E-state index is -1.12. The van der Waals surface area contributed by atoms with Crippen molar-refractivity contribution in [1.29, 1.82) is 0 Å². The molecule has 2 heterocycles. The number of esters is 1. The third kappa shape index (κ3) is 5.23. The van der Waals surface area contributed by atoms with Crippen molar-refractivity contribution < 1.29 is 23.7 Å². The van der Waals surface area contributed by atoms with E-state index in [0.29, 0.717) is 11.3 Å². The lowest BCUT2D eigenvalue weighted by Gasteiger charge is -2.46. The first kappa shape index (κ1) is 32.2. The zero-order chi connectivity index (χ0) is 35.9. The van der Waals surface area contributed by atoms with Crippen LogP contribution in [-0.4, -0.2) is 26.3 Å². The van der Waals surface area contributed by atoms with Crippen molar-refractivity contribution in [2.45, 2.75) is 11.7 Å². The Morgan fingerprint density at radius 2 is 1.19 bits per heavy atom. The summed E-state index contributed by atoms with van der Waals surface area (Å²) in [5.41, 5.74) is 6.50. The zero-order valence-corrected chi connectivity index (χ0v) is 29.3. The minimum absolute atomic E-state index is 0.348. The summed E-state index contributed by atoms with van der Waals surface area (Å²) >= 11 is 0. The molecule has 0 bridgehead atoms. The molecular weight excluding hydrogens is 661 g/mol. The molecule has 0 saturated carbocycles. The molecule has 3 aliphatic rings. The average molecular weight is 697 g/mol. The van der Waals surface area contributed by atoms with Crippen LogP contribution < -0.4 is 24.0 Å².